The molecule has 0 radical (unpaired) electrons. The van der Waals surface area contributed by atoms with Crippen molar-refractivity contribution >= 4 is 5.69 Å². The fourth-order valence-corrected chi connectivity index (χ4v) is 11.9. The average Bonchev–Trinajstić information content (AvgIpc) is 3.77. The first kappa shape index (κ1) is 31.2. The molecule has 7 aliphatic rings. The molecule has 1 nitrogen and oxygen atoms in total. The van der Waals surface area contributed by atoms with Gasteiger partial charge in [0.2, 0.25) is 0 Å². The summed E-state index contributed by atoms with van der Waals surface area (Å²) in [4.78, 5) is 2.60. The fourth-order valence-electron chi connectivity index (χ4n) is 11.9. The number of hydrogen-bond donors (Lipinski definition) is 0. The highest BCUT2D eigenvalue weighted by Gasteiger charge is 2.64. The summed E-state index contributed by atoms with van der Waals surface area (Å²) in [6.45, 7) is 4.86. The molecule has 0 aliphatic heterocycles. The maximum Gasteiger partial charge on any atom is 0.0467 e. The minimum absolute atomic E-state index is 0.0183. The lowest BCUT2D eigenvalue weighted by atomic mass is 9.62. The number of hydrogen-bond acceptors (Lipinski definition) is 1. The Morgan fingerprint density at radius 2 is 1.08 bits per heavy atom. The van der Waals surface area contributed by atoms with Gasteiger partial charge in [-0.2, -0.15) is 0 Å². The lowest BCUT2D eigenvalue weighted by molar-refractivity contribution is 0.355. The van der Waals surface area contributed by atoms with Gasteiger partial charge < -0.3 is 4.90 Å². The molecule has 4 aromatic rings. The molecule has 11 rings (SSSR count). The standard InChI is InChI=1S/C52H45N/c1-51(2)45-23-10-6-19-39(45)43-29-27-37(32-49(43)51)53(36-18-14-17-35(31-36)34-15-4-3-5-16-34)38-28-30-44-42-22-9-13-26-48(42)52(50(44)33-38)46-24-11-7-20-40(46)41-21-8-12-25-47(41)52/h3-28,31-33,40-41,43-44,46-47H,29-30H2,1-2H3. The SMILES string of the molecule is CC1(C)C2=CC(N(C3=CCC4C(=C3)C3(c5ccccc54)C4C=CC=CC4C4C=CC=CC43)c3cccc(-c4ccccc4)c3)=CCC2c2ccccc21. The molecule has 7 aliphatic carbocycles. The third-order valence-corrected chi connectivity index (χ3v) is 14.1. The molecule has 6 unspecified atom stereocenters. The van der Waals surface area contributed by atoms with Gasteiger partial charge in [0, 0.05) is 39.7 Å². The van der Waals surface area contributed by atoms with Crippen LogP contribution in [0.25, 0.3) is 11.1 Å². The zero-order valence-electron chi connectivity index (χ0n) is 30.6. The van der Waals surface area contributed by atoms with E-state index < -0.39 is 0 Å². The summed E-state index contributed by atoms with van der Waals surface area (Å²) < 4.78 is 0. The van der Waals surface area contributed by atoms with E-state index in [1.807, 2.05) is 0 Å². The smallest absolute Gasteiger partial charge is 0.0467 e. The molecule has 258 valence electrons. The van der Waals surface area contributed by atoms with E-state index >= 15 is 0 Å². The molecular weight excluding hydrogens is 639 g/mol. The van der Waals surface area contributed by atoms with Crippen LogP contribution in [0.2, 0.25) is 0 Å². The molecule has 0 aromatic heterocycles. The lowest BCUT2D eigenvalue weighted by Crippen LogP contribution is -2.38. The summed E-state index contributed by atoms with van der Waals surface area (Å²) in [5, 5.41) is 0. The normalized spacial score (nSPS) is 30.3. The first-order chi connectivity index (χ1) is 26.0. The van der Waals surface area contributed by atoms with Crippen molar-refractivity contribution in [3.8, 4) is 11.1 Å². The maximum absolute atomic E-state index is 2.65. The van der Waals surface area contributed by atoms with E-state index in [0.717, 1.165) is 12.8 Å². The van der Waals surface area contributed by atoms with E-state index in [1.165, 1.54) is 50.5 Å². The van der Waals surface area contributed by atoms with E-state index in [2.05, 4.69) is 195 Å². The van der Waals surface area contributed by atoms with Crippen LogP contribution in [0, 0.1) is 23.7 Å². The molecule has 0 amide bonds. The Morgan fingerprint density at radius 3 is 1.77 bits per heavy atom. The minimum atomic E-state index is -0.0875. The number of allylic oxidation sites excluding steroid dienone is 14. The Hall–Kier alpha value is -5.40. The molecule has 0 saturated heterocycles. The number of fused-ring (bicyclic) bond motifs is 13. The van der Waals surface area contributed by atoms with Crippen molar-refractivity contribution in [2.75, 3.05) is 4.90 Å². The Balaban J connectivity index is 1.10. The Bertz CT molecular complexity index is 2390. The van der Waals surface area contributed by atoms with E-state index in [1.54, 1.807) is 11.1 Å². The molecule has 4 aromatic carbocycles. The fraction of sp³-hybridized carbons (Fsp3) is 0.231. The highest BCUT2D eigenvalue weighted by atomic mass is 15.2. The van der Waals surface area contributed by atoms with Crippen LogP contribution < -0.4 is 4.90 Å². The quantitative estimate of drug-likeness (QED) is 0.207. The van der Waals surface area contributed by atoms with Crippen molar-refractivity contribution in [3.05, 3.63) is 221 Å². The lowest BCUT2D eigenvalue weighted by Gasteiger charge is -2.42. The predicted molar refractivity (Wildman–Crippen MR) is 220 cm³/mol. The Kier molecular flexibility index (Phi) is 6.79. The van der Waals surface area contributed by atoms with Crippen molar-refractivity contribution in [1.29, 1.82) is 0 Å². The molecule has 53 heavy (non-hydrogen) atoms. The Morgan fingerprint density at radius 1 is 0.528 bits per heavy atom. The molecule has 1 fully saturated rings. The molecule has 1 heteroatoms. The molecule has 0 heterocycles. The molecule has 1 spiro atoms. The van der Waals surface area contributed by atoms with Crippen LogP contribution in [-0.4, -0.2) is 0 Å². The zero-order valence-corrected chi connectivity index (χ0v) is 30.6. The van der Waals surface area contributed by atoms with Gasteiger partial charge in [-0.1, -0.05) is 171 Å². The van der Waals surface area contributed by atoms with Gasteiger partial charge in [-0.25, -0.2) is 0 Å². The average molecular weight is 684 g/mol. The van der Waals surface area contributed by atoms with E-state index in [4.69, 9.17) is 0 Å². The van der Waals surface area contributed by atoms with Crippen molar-refractivity contribution < 1.29 is 0 Å². The van der Waals surface area contributed by atoms with Gasteiger partial charge in [0.15, 0.2) is 0 Å². The van der Waals surface area contributed by atoms with Crippen molar-refractivity contribution in [2.24, 2.45) is 23.7 Å². The van der Waals surface area contributed by atoms with Crippen molar-refractivity contribution in [1.82, 2.24) is 0 Å². The van der Waals surface area contributed by atoms with E-state index in [-0.39, 0.29) is 10.8 Å². The highest BCUT2D eigenvalue weighted by Crippen LogP contribution is 2.69. The first-order valence-corrected chi connectivity index (χ1v) is 19.7. The monoisotopic (exact) mass is 683 g/mol. The van der Waals surface area contributed by atoms with Crippen LogP contribution in [0.4, 0.5) is 5.69 Å². The molecule has 0 N–H and O–H groups in total. The van der Waals surface area contributed by atoms with Gasteiger partial charge in [-0.3, -0.25) is 0 Å². The van der Waals surface area contributed by atoms with Crippen molar-refractivity contribution in [2.45, 2.75) is 49.4 Å². The van der Waals surface area contributed by atoms with Crippen LogP contribution in [0.1, 0.15) is 60.8 Å². The first-order valence-electron chi connectivity index (χ1n) is 19.7. The number of nitrogens with zero attached hydrogens (tertiary/aromatic N) is 1. The molecule has 0 bridgehead atoms. The molecular formula is C52H45N. The third kappa shape index (κ3) is 4.31. The maximum atomic E-state index is 2.65. The third-order valence-electron chi connectivity index (χ3n) is 14.1. The van der Waals surface area contributed by atoms with Gasteiger partial charge in [-0.15, -0.1) is 0 Å². The van der Waals surface area contributed by atoms with Gasteiger partial charge in [0.25, 0.3) is 0 Å². The van der Waals surface area contributed by atoms with E-state index in [9.17, 15) is 0 Å². The van der Waals surface area contributed by atoms with Crippen molar-refractivity contribution in [3.63, 3.8) is 0 Å². The van der Waals surface area contributed by atoms with Crippen LogP contribution in [0.15, 0.2) is 199 Å². The largest absolute Gasteiger partial charge is 0.311 e. The second-order valence-electron chi connectivity index (χ2n) is 16.7. The van der Waals surface area contributed by atoms with Gasteiger partial charge >= 0.3 is 0 Å². The summed E-state index contributed by atoms with van der Waals surface area (Å²) in [5.74, 6) is 2.62. The summed E-state index contributed by atoms with van der Waals surface area (Å²) in [6.07, 6.45) is 31.7. The van der Waals surface area contributed by atoms with Crippen LogP contribution in [0.3, 0.4) is 0 Å². The summed E-state index contributed by atoms with van der Waals surface area (Å²) in [7, 11) is 0. The van der Waals surface area contributed by atoms with Crippen LogP contribution >= 0.6 is 0 Å². The molecule has 1 saturated carbocycles. The summed E-state index contributed by atoms with van der Waals surface area (Å²) >= 11 is 0. The topological polar surface area (TPSA) is 3.24 Å². The molecule has 6 atom stereocenters. The van der Waals surface area contributed by atoms with Crippen LogP contribution in [-0.2, 0) is 10.8 Å². The number of anilines is 1. The number of rotatable bonds is 4. The van der Waals surface area contributed by atoms with Gasteiger partial charge in [-0.05, 0) is 99.8 Å². The zero-order chi connectivity index (χ0) is 35.3. The van der Waals surface area contributed by atoms with Crippen LogP contribution in [0.5, 0.6) is 0 Å². The van der Waals surface area contributed by atoms with E-state index in [0.29, 0.717) is 35.5 Å². The predicted octanol–water partition coefficient (Wildman–Crippen LogP) is 12.4. The second-order valence-corrected chi connectivity index (χ2v) is 16.7. The highest BCUT2D eigenvalue weighted by molar-refractivity contribution is 5.75. The Labute approximate surface area is 314 Å². The van der Waals surface area contributed by atoms with Gasteiger partial charge in [0.05, 0.1) is 0 Å². The minimum Gasteiger partial charge on any atom is -0.311 e. The summed E-state index contributed by atoms with van der Waals surface area (Å²) in [6, 6.07) is 38.7. The number of benzene rings is 4. The second kappa shape index (κ2) is 11.5. The van der Waals surface area contributed by atoms with Gasteiger partial charge in [0.1, 0.15) is 0 Å². The summed E-state index contributed by atoms with van der Waals surface area (Å²) in [5.41, 5.74) is 15.4.